The minimum Gasteiger partial charge on any atom is -0.496 e. The molecular formula is C22H28N4O6S. The normalized spacial score (nSPS) is 11.3. The molecule has 2 heterocycles. The van der Waals surface area contributed by atoms with Gasteiger partial charge in [0, 0.05) is 31.9 Å². The number of hydrogen-bond acceptors (Lipinski definition) is 7. The molecule has 33 heavy (non-hydrogen) atoms. The van der Waals surface area contributed by atoms with Crippen molar-refractivity contribution in [2.75, 3.05) is 45.9 Å². The fraction of sp³-hybridized carbons (Fsp3) is 0.364. The van der Waals surface area contributed by atoms with Crippen LogP contribution < -0.4 is 18.9 Å². The van der Waals surface area contributed by atoms with E-state index < -0.39 is 10.0 Å². The lowest BCUT2D eigenvalue weighted by atomic mass is 10.1. The van der Waals surface area contributed by atoms with Gasteiger partial charge in [0.15, 0.2) is 11.5 Å². The summed E-state index contributed by atoms with van der Waals surface area (Å²) in [6.07, 6.45) is 3.74. The molecule has 0 aliphatic carbocycles. The molecule has 1 amide bonds. The number of ether oxygens (including phenoxy) is 3. The van der Waals surface area contributed by atoms with E-state index in [1.165, 1.54) is 26.2 Å². The number of pyridine rings is 1. The summed E-state index contributed by atoms with van der Waals surface area (Å²) in [5.74, 6) is 0.748. The van der Waals surface area contributed by atoms with E-state index >= 15 is 0 Å². The second-order valence-corrected chi connectivity index (χ2v) is 9.35. The topological polar surface area (TPSA) is 111 Å². The molecule has 0 unspecified atom stereocenters. The molecule has 3 aromatic rings. The van der Waals surface area contributed by atoms with Crippen molar-refractivity contribution in [1.29, 1.82) is 0 Å². The van der Waals surface area contributed by atoms with Gasteiger partial charge in [0.2, 0.25) is 10.0 Å². The van der Waals surface area contributed by atoms with E-state index in [0.717, 1.165) is 0 Å². The summed E-state index contributed by atoms with van der Waals surface area (Å²) < 4.78 is 45.5. The van der Waals surface area contributed by atoms with Gasteiger partial charge in [-0.25, -0.2) is 13.4 Å². The Morgan fingerprint density at radius 1 is 1.09 bits per heavy atom. The average molecular weight is 477 g/mol. The van der Waals surface area contributed by atoms with Crippen molar-refractivity contribution in [3.8, 4) is 28.5 Å². The van der Waals surface area contributed by atoms with Crippen LogP contribution in [-0.4, -0.2) is 69.8 Å². The van der Waals surface area contributed by atoms with Crippen molar-refractivity contribution < 1.29 is 27.4 Å². The zero-order valence-electron chi connectivity index (χ0n) is 19.5. The Morgan fingerprint density at radius 3 is 2.36 bits per heavy atom. The Bertz CT molecular complexity index is 1280. The van der Waals surface area contributed by atoms with E-state index in [9.17, 15) is 13.2 Å². The maximum atomic E-state index is 12.7. The first-order valence-electron chi connectivity index (χ1n) is 10.2. The molecule has 0 radical (unpaired) electrons. The summed E-state index contributed by atoms with van der Waals surface area (Å²) >= 11 is 0. The first kappa shape index (κ1) is 24.2. The van der Waals surface area contributed by atoms with E-state index in [2.05, 4.69) is 9.71 Å². The molecule has 10 nitrogen and oxygen atoms in total. The van der Waals surface area contributed by atoms with Gasteiger partial charge in [0.1, 0.15) is 11.4 Å². The minimum atomic E-state index is -3.58. The number of nitrogens with zero attached hydrogens (tertiary/aromatic N) is 3. The first-order valence-corrected chi connectivity index (χ1v) is 11.8. The molecule has 3 rings (SSSR count). The van der Waals surface area contributed by atoms with Crippen molar-refractivity contribution in [2.45, 2.75) is 13.3 Å². The maximum Gasteiger partial charge on any atom is 0.258 e. The van der Waals surface area contributed by atoms with Crippen LogP contribution in [0.3, 0.4) is 0 Å². The second kappa shape index (κ2) is 9.57. The highest BCUT2D eigenvalue weighted by atomic mass is 32.2. The van der Waals surface area contributed by atoms with Crippen LogP contribution in [0.1, 0.15) is 23.7 Å². The van der Waals surface area contributed by atoms with Gasteiger partial charge in [-0.2, -0.15) is 0 Å². The highest BCUT2D eigenvalue weighted by Crippen LogP contribution is 2.40. The molecule has 2 aromatic heterocycles. The second-order valence-electron chi connectivity index (χ2n) is 7.51. The number of hydrogen-bond donors (Lipinski definition) is 1. The molecule has 0 spiro atoms. The Kier molecular flexibility index (Phi) is 7.01. The number of anilines is 1. The van der Waals surface area contributed by atoms with E-state index in [0.29, 0.717) is 40.4 Å². The summed E-state index contributed by atoms with van der Waals surface area (Å²) in [4.78, 5) is 18.6. The summed E-state index contributed by atoms with van der Waals surface area (Å²) in [7, 11) is 4.13. The third-order valence-corrected chi connectivity index (χ3v) is 6.46. The third kappa shape index (κ3) is 4.82. The van der Waals surface area contributed by atoms with Gasteiger partial charge in [0.25, 0.3) is 5.91 Å². The molecule has 1 N–H and O–H groups in total. The van der Waals surface area contributed by atoms with Crippen LogP contribution in [0.4, 0.5) is 5.69 Å². The number of fused-ring (bicyclic) bond motifs is 1. The Labute approximate surface area is 193 Å². The smallest absolute Gasteiger partial charge is 0.258 e. The zero-order valence-corrected chi connectivity index (χ0v) is 20.3. The number of benzene rings is 1. The summed E-state index contributed by atoms with van der Waals surface area (Å²) in [5.41, 5.74) is 2.40. The minimum absolute atomic E-state index is 0.0336. The van der Waals surface area contributed by atoms with Gasteiger partial charge in [-0.15, -0.1) is 0 Å². The van der Waals surface area contributed by atoms with Gasteiger partial charge in [0.05, 0.1) is 50.2 Å². The molecule has 0 saturated heterocycles. The van der Waals surface area contributed by atoms with Crippen molar-refractivity contribution in [3.63, 3.8) is 0 Å². The number of rotatable bonds is 9. The van der Waals surface area contributed by atoms with Crippen LogP contribution in [0.15, 0.2) is 30.6 Å². The van der Waals surface area contributed by atoms with Crippen LogP contribution in [0.5, 0.6) is 17.2 Å². The van der Waals surface area contributed by atoms with E-state index in [1.54, 1.807) is 56.0 Å². The number of carbonyl (C=O) groups excluding carboxylic acids is 1. The van der Waals surface area contributed by atoms with Crippen molar-refractivity contribution in [2.24, 2.45) is 0 Å². The van der Waals surface area contributed by atoms with Crippen molar-refractivity contribution in [3.05, 3.63) is 36.2 Å². The molecule has 11 heteroatoms. The lowest BCUT2D eigenvalue weighted by Gasteiger charge is -2.17. The number of amides is 1. The lowest BCUT2D eigenvalue weighted by Crippen LogP contribution is -2.22. The molecule has 1 aromatic carbocycles. The third-order valence-electron chi connectivity index (χ3n) is 4.98. The van der Waals surface area contributed by atoms with Gasteiger partial charge in [-0.3, -0.25) is 13.9 Å². The van der Waals surface area contributed by atoms with Crippen LogP contribution >= 0.6 is 0 Å². The van der Waals surface area contributed by atoms with Crippen molar-refractivity contribution >= 4 is 27.3 Å². The molecule has 0 saturated carbocycles. The van der Waals surface area contributed by atoms with Crippen LogP contribution in [-0.2, 0) is 10.0 Å². The molecule has 0 bridgehead atoms. The number of imidazole rings is 1. The van der Waals surface area contributed by atoms with Crippen LogP contribution in [0.25, 0.3) is 16.9 Å². The Morgan fingerprint density at radius 2 is 1.79 bits per heavy atom. The summed E-state index contributed by atoms with van der Waals surface area (Å²) in [5, 5.41) is 0. The maximum absolute atomic E-state index is 12.7. The Hall–Kier alpha value is -3.47. The predicted molar refractivity (Wildman–Crippen MR) is 126 cm³/mol. The van der Waals surface area contributed by atoms with Gasteiger partial charge in [-0.05, 0) is 18.6 Å². The van der Waals surface area contributed by atoms with Gasteiger partial charge in [-0.1, -0.05) is 6.92 Å². The molecule has 0 fully saturated rings. The summed E-state index contributed by atoms with van der Waals surface area (Å²) in [6, 6.07) is 5.04. The highest BCUT2D eigenvalue weighted by Gasteiger charge is 2.21. The first-order chi connectivity index (χ1) is 15.6. The molecular weight excluding hydrogens is 448 g/mol. The molecule has 0 aliphatic rings. The number of sulfonamides is 1. The van der Waals surface area contributed by atoms with Crippen LogP contribution in [0.2, 0.25) is 0 Å². The number of carbonyl (C=O) groups is 1. The fourth-order valence-corrected chi connectivity index (χ4v) is 4.59. The van der Waals surface area contributed by atoms with E-state index in [1.807, 2.05) is 0 Å². The van der Waals surface area contributed by atoms with E-state index in [-0.39, 0.29) is 23.1 Å². The molecule has 178 valence electrons. The van der Waals surface area contributed by atoms with Crippen LogP contribution in [0, 0.1) is 0 Å². The quantitative estimate of drug-likeness (QED) is 0.505. The van der Waals surface area contributed by atoms with Crippen molar-refractivity contribution in [1.82, 2.24) is 14.3 Å². The standard InChI is InChI=1S/C22H28N4O6S/c1-7-8-33(28,29)24-16-9-14(10-19(31-5)21(16)32-6)17-12-23-20-11-18(30-4)15(13-26(17)20)22(27)25(2)3/h9-13,24H,7-8H2,1-6H3. The number of aromatic nitrogens is 2. The highest BCUT2D eigenvalue weighted by molar-refractivity contribution is 7.92. The average Bonchev–Trinajstić information content (AvgIpc) is 3.19. The SMILES string of the molecule is CCCS(=O)(=O)Nc1cc(-c2cnc3cc(OC)c(C(=O)N(C)C)cn23)cc(OC)c1OC. The predicted octanol–water partition coefficient (Wildman–Crippen LogP) is 2.88. The lowest BCUT2D eigenvalue weighted by molar-refractivity contribution is 0.0823. The molecule has 0 atom stereocenters. The zero-order chi connectivity index (χ0) is 24.3. The Balaban J connectivity index is 2.23. The molecule has 0 aliphatic heterocycles. The van der Waals surface area contributed by atoms with E-state index in [4.69, 9.17) is 14.2 Å². The largest absolute Gasteiger partial charge is 0.496 e. The number of methoxy groups -OCH3 is 3. The number of nitrogens with one attached hydrogen (secondary N) is 1. The fourth-order valence-electron chi connectivity index (χ4n) is 3.46. The summed E-state index contributed by atoms with van der Waals surface area (Å²) in [6.45, 7) is 1.78. The van der Waals surface area contributed by atoms with Gasteiger partial charge >= 0.3 is 0 Å². The van der Waals surface area contributed by atoms with Gasteiger partial charge < -0.3 is 19.1 Å². The monoisotopic (exact) mass is 476 g/mol.